The Morgan fingerprint density at radius 3 is 2.37 bits per heavy atom. The highest BCUT2D eigenvalue weighted by atomic mass is 16.7. The molecule has 0 aromatic carbocycles. The van der Waals surface area contributed by atoms with E-state index in [2.05, 4.69) is 11.6 Å². The van der Waals surface area contributed by atoms with Crippen molar-refractivity contribution in [3.05, 3.63) is 31.0 Å². The zero-order valence-corrected chi connectivity index (χ0v) is 12.0. The maximum absolute atomic E-state index is 5.95. The van der Waals surface area contributed by atoms with Gasteiger partial charge in [0.15, 0.2) is 0 Å². The second-order valence-electron chi connectivity index (χ2n) is 5.62. The maximum Gasteiger partial charge on any atom is 0.496 e. The van der Waals surface area contributed by atoms with Crippen LogP contribution in [0.15, 0.2) is 31.0 Å². The van der Waals surface area contributed by atoms with E-state index in [0.717, 1.165) is 5.46 Å². The molecule has 0 bridgehead atoms. The van der Waals surface area contributed by atoms with Gasteiger partial charge >= 0.3 is 7.12 Å². The van der Waals surface area contributed by atoms with Gasteiger partial charge in [-0.15, -0.1) is 0 Å². The summed E-state index contributed by atoms with van der Waals surface area (Å²) in [6.45, 7) is 12.2. The van der Waals surface area contributed by atoms with Crippen molar-refractivity contribution >= 4 is 12.6 Å². The largest absolute Gasteiger partial charge is 0.496 e. The topological polar surface area (TPSA) is 40.6 Å². The molecule has 0 unspecified atom stereocenters. The van der Waals surface area contributed by atoms with Crippen LogP contribution in [0.5, 0.6) is 5.88 Å². The molecule has 2 rings (SSSR count). The molecule has 0 saturated carbocycles. The summed E-state index contributed by atoms with van der Waals surface area (Å²) in [5.74, 6) is 0.570. The Hall–Kier alpha value is -1.33. The molecule has 4 nitrogen and oxygen atoms in total. The quantitative estimate of drug-likeness (QED) is 0.613. The standard InChI is InChI=1S/C14H20BNO3/c1-6-9-17-12-8-7-11(10-16-12)15-18-13(2,3)14(4,5)19-15/h6-8,10H,1,9H2,2-5H3. The van der Waals surface area contributed by atoms with Crippen LogP contribution >= 0.6 is 0 Å². The van der Waals surface area contributed by atoms with Gasteiger partial charge in [-0.05, 0) is 33.8 Å². The third-order valence-electron chi connectivity index (χ3n) is 3.63. The lowest BCUT2D eigenvalue weighted by Crippen LogP contribution is -2.41. The fourth-order valence-corrected chi connectivity index (χ4v) is 1.74. The Labute approximate surface area is 114 Å². The lowest BCUT2D eigenvalue weighted by molar-refractivity contribution is 0.00578. The van der Waals surface area contributed by atoms with Gasteiger partial charge in [0.25, 0.3) is 0 Å². The molecule has 1 aromatic rings. The van der Waals surface area contributed by atoms with Crippen LogP contribution in [-0.2, 0) is 9.31 Å². The predicted molar refractivity (Wildman–Crippen MR) is 75.6 cm³/mol. The van der Waals surface area contributed by atoms with Crippen LogP contribution in [-0.4, -0.2) is 29.9 Å². The first-order valence-electron chi connectivity index (χ1n) is 6.41. The molecule has 0 aliphatic carbocycles. The average Bonchev–Trinajstić information content (AvgIpc) is 2.56. The predicted octanol–water partition coefficient (Wildman–Crippen LogP) is 1.95. The normalized spacial score (nSPS) is 20.3. The molecule has 1 aliphatic rings. The zero-order chi connectivity index (χ0) is 14.1. The van der Waals surface area contributed by atoms with Crippen molar-refractivity contribution in [1.29, 1.82) is 0 Å². The molecular weight excluding hydrogens is 241 g/mol. The second kappa shape index (κ2) is 4.98. The van der Waals surface area contributed by atoms with E-state index in [1.54, 1.807) is 12.3 Å². The van der Waals surface area contributed by atoms with E-state index in [9.17, 15) is 0 Å². The molecule has 5 heteroatoms. The number of hydrogen-bond donors (Lipinski definition) is 0. The van der Waals surface area contributed by atoms with Gasteiger partial charge in [-0.2, -0.15) is 0 Å². The molecule has 1 saturated heterocycles. The molecular formula is C14H20BNO3. The molecule has 102 valence electrons. The highest BCUT2D eigenvalue weighted by molar-refractivity contribution is 6.62. The number of nitrogens with zero attached hydrogens (tertiary/aromatic N) is 1. The van der Waals surface area contributed by atoms with E-state index in [-0.39, 0.29) is 18.3 Å². The van der Waals surface area contributed by atoms with E-state index in [1.165, 1.54) is 0 Å². The van der Waals surface area contributed by atoms with E-state index >= 15 is 0 Å². The second-order valence-corrected chi connectivity index (χ2v) is 5.62. The molecule has 2 heterocycles. The smallest absolute Gasteiger partial charge is 0.473 e. The minimum absolute atomic E-state index is 0.338. The molecule has 1 aliphatic heterocycles. The number of hydrogen-bond acceptors (Lipinski definition) is 4. The van der Waals surface area contributed by atoms with Crippen LogP contribution in [0.3, 0.4) is 0 Å². The highest BCUT2D eigenvalue weighted by Gasteiger charge is 2.51. The van der Waals surface area contributed by atoms with Crippen LogP contribution in [0.1, 0.15) is 27.7 Å². The van der Waals surface area contributed by atoms with Crippen molar-refractivity contribution in [3.63, 3.8) is 0 Å². The molecule has 0 N–H and O–H groups in total. The van der Waals surface area contributed by atoms with Crippen molar-refractivity contribution < 1.29 is 14.0 Å². The third kappa shape index (κ3) is 2.82. The summed E-state index contributed by atoms with van der Waals surface area (Å²) in [7, 11) is -0.383. The third-order valence-corrected chi connectivity index (χ3v) is 3.63. The first-order valence-corrected chi connectivity index (χ1v) is 6.41. The Morgan fingerprint density at radius 2 is 1.89 bits per heavy atom. The molecule has 1 fully saturated rings. The summed E-state index contributed by atoms with van der Waals surface area (Å²) in [6.07, 6.45) is 3.41. The summed E-state index contributed by atoms with van der Waals surface area (Å²) in [4.78, 5) is 4.23. The lowest BCUT2D eigenvalue weighted by atomic mass is 9.80. The Balaban J connectivity index is 2.10. The Kier molecular flexibility index (Phi) is 3.70. The fourth-order valence-electron chi connectivity index (χ4n) is 1.74. The summed E-state index contributed by atoms with van der Waals surface area (Å²) in [6, 6.07) is 3.72. The van der Waals surface area contributed by atoms with Gasteiger partial charge in [-0.1, -0.05) is 18.7 Å². The fraction of sp³-hybridized carbons (Fsp3) is 0.500. The summed E-state index contributed by atoms with van der Waals surface area (Å²) in [5, 5.41) is 0. The van der Waals surface area contributed by atoms with E-state index in [0.29, 0.717) is 12.5 Å². The van der Waals surface area contributed by atoms with Gasteiger partial charge in [-0.25, -0.2) is 4.98 Å². The number of ether oxygens (including phenoxy) is 1. The van der Waals surface area contributed by atoms with Crippen LogP contribution in [0.25, 0.3) is 0 Å². The van der Waals surface area contributed by atoms with Gasteiger partial charge in [0, 0.05) is 11.7 Å². The van der Waals surface area contributed by atoms with Crippen molar-refractivity contribution in [2.24, 2.45) is 0 Å². The van der Waals surface area contributed by atoms with E-state index < -0.39 is 0 Å². The number of pyridine rings is 1. The molecule has 0 spiro atoms. The van der Waals surface area contributed by atoms with Gasteiger partial charge < -0.3 is 14.0 Å². The number of rotatable bonds is 4. The first kappa shape index (κ1) is 14.1. The average molecular weight is 261 g/mol. The molecule has 19 heavy (non-hydrogen) atoms. The Morgan fingerprint density at radius 1 is 1.26 bits per heavy atom. The van der Waals surface area contributed by atoms with Crippen molar-refractivity contribution in [3.8, 4) is 5.88 Å². The highest BCUT2D eigenvalue weighted by Crippen LogP contribution is 2.36. The van der Waals surface area contributed by atoms with Crippen molar-refractivity contribution in [2.75, 3.05) is 6.61 Å². The summed E-state index contributed by atoms with van der Waals surface area (Å²) < 4.78 is 17.2. The molecule has 0 radical (unpaired) electrons. The van der Waals surface area contributed by atoms with E-state index in [4.69, 9.17) is 14.0 Å². The lowest BCUT2D eigenvalue weighted by Gasteiger charge is -2.32. The monoisotopic (exact) mass is 261 g/mol. The van der Waals surface area contributed by atoms with Gasteiger partial charge in [-0.3, -0.25) is 0 Å². The maximum atomic E-state index is 5.95. The zero-order valence-electron chi connectivity index (χ0n) is 12.0. The van der Waals surface area contributed by atoms with E-state index in [1.807, 2.05) is 39.8 Å². The van der Waals surface area contributed by atoms with Crippen LogP contribution < -0.4 is 10.2 Å². The van der Waals surface area contributed by atoms with Gasteiger partial charge in [0.05, 0.1) is 11.2 Å². The molecule has 1 aromatic heterocycles. The number of aromatic nitrogens is 1. The van der Waals surface area contributed by atoms with Crippen molar-refractivity contribution in [1.82, 2.24) is 4.98 Å². The molecule has 0 amide bonds. The molecule has 0 atom stereocenters. The summed E-state index contributed by atoms with van der Waals surface area (Å²) >= 11 is 0. The van der Waals surface area contributed by atoms with Gasteiger partial charge in [0.1, 0.15) is 6.61 Å². The van der Waals surface area contributed by atoms with Crippen LogP contribution in [0.2, 0.25) is 0 Å². The SMILES string of the molecule is C=CCOc1ccc(B2OC(C)(C)C(C)(C)O2)cn1. The Bertz CT molecular complexity index is 440. The summed E-state index contributed by atoms with van der Waals surface area (Å²) in [5.41, 5.74) is 0.218. The minimum atomic E-state index is -0.383. The minimum Gasteiger partial charge on any atom is -0.473 e. The van der Waals surface area contributed by atoms with Crippen LogP contribution in [0, 0.1) is 0 Å². The van der Waals surface area contributed by atoms with Crippen molar-refractivity contribution in [2.45, 2.75) is 38.9 Å². The van der Waals surface area contributed by atoms with Gasteiger partial charge in [0.2, 0.25) is 5.88 Å². The van der Waals surface area contributed by atoms with Crippen LogP contribution in [0.4, 0.5) is 0 Å². The first-order chi connectivity index (χ1) is 8.86.